The van der Waals surface area contributed by atoms with Crippen LogP contribution in [0.3, 0.4) is 0 Å². The highest BCUT2D eigenvalue weighted by atomic mass is 16.3. The summed E-state index contributed by atoms with van der Waals surface area (Å²) in [4.78, 5) is 2.45. The van der Waals surface area contributed by atoms with E-state index in [1.165, 1.54) is 55.3 Å². The summed E-state index contributed by atoms with van der Waals surface area (Å²) >= 11 is 0. The maximum absolute atomic E-state index is 6.71. The standard InChI is InChI=1S/C51H38N2O/c1-33-15-7-11-21-46(33)53(50-34(2)29-38(30-35(50)3)36-16-5-4-6-17-36)40-31-44(51-45(32-40)43-20-10-14-24-49(43)54-51)37-25-27-39(28-26-37)52-47-22-12-8-18-41(47)42-19-9-13-23-48(42)52/h4-32H,1-3H3. The van der Waals surface area contributed by atoms with Gasteiger partial charge < -0.3 is 13.9 Å². The maximum atomic E-state index is 6.71. The molecule has 10 aromatic rings. The van der Waals surface area contributed by atoms with E-state index in [0.29, 0.717) is 0 Å². The number of hydrogen-bond donors (Lipinski definition) is 0. The van der Waals surface area contributed by atoms with Gasteiger partial charge in [0.2, 0.25) is 0 Å². The first-order chi connectivity index (χ1) is 26.5. The zero-order valence-corrected chi connectivity index (χ0v) is 30.5. The summed E-state index contributed by atoms with van der Waals surface area (Å²) in [6.07, 6.45) is 0. The molecular formula is C51H38N2O. The van der Waals surface area contributed by atoms with Crippen LogP contribution in [0.2, 0.25) is 0 Å². The van der Waals surface area contributed by atoms with Crippen LogP contribution >= 0.6 is 0 Å². The predicted octanol–water partition coefficient (Wildman–Crippen LogP) is 14.4. The fourth-order valence-corrected chi connectivity index (χ4v) is 8.45. The number of para-hydroxylation sites is 4. The van der Waals surface area contributed by atoms with E-state index < -0.39 is 0 Å². The molecule has 2 aromatic heterocycles. The summed E-state index contributed by atoms with van der Waals surface area (Å²) in [6, 6.07) is 63.3. The molecule has 0 N–H and O–H groups in total. The Balaban J connectivity index is 1.19. The monoisotopic (exact) mass is 694 g/mol. The third-order valence-corrected chi connectivity index (χ3v) is 10.9. The lowest BCUT2D eigenvalue weighted by Crippen LogP contribution is -2.14. The van der Waals surface area contributed by atoms with Gasteiger partial charge in [-0.3, -0.25) is 0 Å². The molecule has 0 saturated heterocycles. The molecule has 10 rings (SSSR count). The summed E-state index contributed by atoms with van der Waals surface area (Å²) < 4.78 is 9.08. The molecule has 3 nitrogen and oxygen atoms in total. The van der Waals surface area contributed by atoms with Crippen LogP contribution in [0, 0.1) is 20.8 Å². The molecule has 0 spiro atoms. The second kappa shape index (κ2) is 12.7. The Morgan fingerprint density at radius 2 is 1.04 bits per heavy atom. The molecule has 0 bridgehead atoms. The summed E-state index contributed by atoms with van der Waals surface area (Å²) in [6.45, 7) is 6.67. The first-order valence-corrected chi connectivity index (χ1v) is 18.6. The van der Waals surface area contributed by atoms with Crippen molar-refractivity contribution in [2.75, 3.05) is 4.90 Å². The average Bonchev–Trinajstić information content (AvgIpc) is 3.76. The zero-order valence-electron chi connectivity index (χ0n) is 30.5. The molecule has 0 atom stereocenters. The van der Waals surface area contributed by atoms with Crippen LogP contribution in [-0.4, -0.2) is 4.57 Å². The first-order valence-electron chi connectivity index (χ1n) is 18.6. The van der Waals surface area contributed by atoms with Gasteiger partial charge in [0.25, 0.3) is 0 Å². The molecule has 0 radical (unpaired) electrons. The van der Waals surface area contributed by atoms with Crippen LogP contribution in [0.4, 0.5) is 17.1 Å². The Kier molecular flexibility index (Phi) is 7.48. The van der Waals surface area contributed by atoms with E-state index in [-0.39, 0.29) is 0 Å². The van der Waals surface area contributed by atoms with Crippen molar-refractivity contribution in [2.45, 2.75) is 20.8 Å². The van der Waals surface area contributed by atoms with Crippen LogP contribution in [0.1, 0.15) is 16.7 Å². The normalized spacial score (nSPS) is 11.6. The van der Waals surface area contributed by atoms with Crippen LogP contribution in [0.25, 0.3) is 71.7 Å². The van der Waals surface area contributed by atoms with Crippen molar-refractivity contribution in [3.63, 3.8) is 0 Å². The second-order valence-electron chi connectivity index (χ2n) is 14.3. The molecule has 0 aliphatic heterocycles. The third kappa shape index (κ3) is 5.12. The van der Waals surface area contributed by atoms with Gasteiger partial charge >= 0.3 is 0 Å². The van der Waals surface area contributed by atoms with Gasteiger partial charge in [0.1, 0.15) is 11.2 Å². The molecule has 2 heterocycles. The van der Waals surface area contributed by atoms with Crippen molar-refractivity contribution in [1.82, 2.24) is 4.57 Å². The number of fused-ring (bicyclic) bond motifs is 6. The Bertz CT molecular complexity index is 2940. The number of hydrogen-bond acceptors (Lipinski definition) is 2. The van der Waals surface area contributed by atoms with Gasteiger partial charge in [-0.15, -0.1) is 0 Å². The third-order valence-electron chi connectivity index (χ3n) is 10.9. The van der Waals surface area contributed by atoms with Gasteiger partial charge in [0, 0.05) is 44.2 Å². The van der Waals surface area contributed by atoms with Crippen molar-refractivity contribution in [3.8, 4) is 27.9 Å². The molecule has 0 aliphatic carbocycles. The van der Waals surface area contributed by atoms with E-state index in [9.17, 15) is 0 Å². The van der Waals surface area contributed by atoms with Gasteiger partial charge in [-0.1, -0.05) is 115 Å². The Hall–Kier alpha value is -6.84. The number of nitrogens with zero attached hydrogens (tertiary/aromatic N) is 2. The summed E-state index contributed by atoms with van der Waals surface area (Å²) in [5, 5.41) is 4.72. The van der Waals surface area contributed by atoms with Gasteiger partial charge in [-0.2, -0.15) is 0 Å². The number of aromatic nitrogens is 1. The molecule has 0 fully saturated rings. The van der Waals surface area contributed by atoms with Crippen molar-refractivity contribution in [2.24, 2.45) is 0 Å². The van der Waals surface area contributed by atoms with Crippen molar-refractivity contribution >= 4 is 60.8 Å². The number of furan rings is 1. The van der Waals surface area contributed by atoms with Crippen LogP contribution in [0.15, 0.2) is 180 Å². The molecule has 0 aliphatic rings. The zero-order chi connectivity index (χ0) is 36.3. The minimum Gasteiger partial charge on any atom is -0.455 e. The quantitative estimate of drug-likeness (QED) is 0.173. The van der Waals surface area contributed by atoms with Gasteiger partial charge in [0.15, 0.2) is 0 Å². The highest BCUT2D eigenvalue weighted by Gasteiger charge is 2.23. The minimum atomic E-state index is 0.884. The smallest absolute Gasteiger partial charge is 0.143 e. The van der Waals surface area contributed by atoms with Crippen LogP contribution in [0.5, 0.6) is 0 Å². The Morgan fingerprint density at radius 3 is 1.72 bits per heavy atom. The molecule has 8 aromatic carbocycles. The molecule has 258 valence electrons. The van der Waals surface area contributed by atoms with Gasteiger partial charge in [-0.25, -0.2) is 0 Å². The molecule has 0 unspecified atom stereocenters. The van der Waals surface area contributed by atoms with Crippen LogP contribution < -0.4 is 4.90 Å². The van der Waals surface area contributed by atoms with Gasteiger partial charge in [-0.05, 0) is 115 Å². The number of rotatable bonds is 6. The first kappa shape index (κ1) is 31.9. The number of benzene rings is 8. The largest absolute Gasteiger partial charge is 0.455 e. The Morgan fingerprint density at radius 1 is 0.444 bits per heavy atom. The summed E-state index contributed by atoms with van der Waals surface area (Å²) in [5.41, 5.74) is 17.0. The molecule has 0 saturated carbocycles. The van der Waals surface area contributed by atoms with Gasteiger partial charge in [0.05, 0.1) is 16.7 Å². The highest BCUT2D eigenvalue weighted by molar-refractivity contribution is 6.12. The molecule has 0 amide bonds. The predicted molar refractivity (Wildman–Crippen MR) is 228 cm³/mol. The second-order valence-corrected chi connectivity index (χ2v) is 14.3. The molecule has 54 heavy (non-hydrogen) atoms. The topological polar surface area (TPSA) is 21.3 Å². The Labute approximate surface area is 315 Å². The SMILES string of the molecule is Cc1ccccc1N(c1cc(-c2ccc(-n3c4ccccc4c4ccccc43)cc2)c2oc3ccccc3c2c1)c1c(C)cc(-c2ccccc2)cc1C. The fourth-order valence-electron chi connectivity index (χ4n) is 8.45. The van der Waals surface area contributed by atoms with E-state index in [0.717, 1.165) is 50.1 Å². The number of anilines is 3. The average molecular weight is 695 g/mol. The van der Waals surface area contributed by atoms with Crippen LogP contribution in [-0.2, 0) is 0 Å². The van der Waals surface area contributed by atoms with Crippen molar-refractivity contribution in [3.05, 3.63) is 193 Å². The summed E-state index contributed by atoms with van der Waals surface area (Å²) in [7, 11) is 0. The summed E-state index contributed by atoms with van der Waals surface area (Å²) in [5.74, 6) is 0. The van der Waals surface area contributed by atoms with Crippen molar-refractivity contribution in [1.29, 1.82) is 0 Å². The number of aryl methyl sites for hydroxylation is 3. The lowest BCUT2D eigenvalue weighted by molar-refractivity contribution is 0.670. The maximum Gasteiger partial charge on any atom is 0.143 e. The van der Waals surface area contributed by atoms with E-state index in [4.69, 9.17) is 4.42 Å². The molecular weight excluding hydrogens is 657 g/mol. The lowest BCUT2D eigenvalue weighted by atomic mass is 9.96. The fraction of sp³-hybridized carbons (Fsp3) is 0.0588. The van der Waals surface area contributed by atoms with Crippen molar-refractivity contribution < 1.29 is 4.42 Å². The lowest BCUT2D eigenvalue weighted by Gasteiger charge is -2.31. The van der Waals surface area contributed by atoms with E-state index in [2.05, 4.69) is 200 Å². The highest BCUT2D eigenvalue weighted by Crippen LogP contribution is 2.46. The van der Waals surface area contributed by atoms with E-state index >= 15 is 0 Å². The molecule has 3 heteroatoms. The minimum absolute atomic E-state index is 0.884. The van der Waals surface area contributed by atoms with E-state index in [1.807, 2.05) is 6.07 Å². The van der Waals surface area contributed by atoms with E-state index in [1.54, 1.807) is 0 Å².